The first kappa shape index (κ1) is 13.1. The molecule has 3 aromatic rings. The van der Waals surface area contributed by atoms with Crippen LogP contribution in [0, 0.1) is 0 Å². The van der Waals surface area contributed by atoms with E-state index in [1.807, 2.05) is 0 Å². The Morgan fingerprint density at radius 2 is 1.82 bits per heavy atom. The average molecular weight is 286 g/mol. The molecule has 0 spiro atoms. The number of para-hydroxylation sites is 1. The van der Waals surface area contributed by atoms with Crippen LogP contribution in [-0.2, 0) is 6.54 Å². The van der Waals surface area contributed by atoms with Gasteiger partial charge in [0.1, 0.15) is 0 Å². The van der Waals surface area contributed by atoms with E-state index in [9.17, 15) is 0 Å². The Bertz CT molecular complexity index is 897. The minimum Gasteiger partial charge on any atom is -0.326 e. The van der Waals surface area contributed by atoms with Gasteiger partial charge in [-0.15, -0.1) is 0 Å². The highest BCUT2D eigenvalue weighted by Gasteiger charge is 2.15. The Balaban J connectivity index is 2.08. The van der Waals surface area contributed by atoms with Crippen LogP contribution in [0.1, 0.15) is 23.2 Å². The quantitative estimate of drug-likeness (QED) is 0.737. The second kappa shape index (κ2) is 5.32. The van der Waals surface area contributed by atoms with Crippen molar-refractivity contribution in [2.75, 3.05) is 0 Å². The van der Waals surface area contributed by atoms with Crippen LogP contribution in [0.4, 0.5) is 0 Å². The van der Waals surface area contributed by atoms with Crippen molar-refractivity contribution < 1.29 is 0 Å². The summed E-state index contributed by atoms with van der Waals surface area (Å²) in [5.74, 6) is 0. The van der Waals surface area contributed by atoms with Gasteiger partial charge in [0.15, 0.2) is 0 Å². The standard InChI is InChI=1S/C20H18N2/c21-14-15-7-6-8-16(13-15)22-19-11-3-1-2-9-17(19)18-10-4-5-12-20(18)22/h2-13H,1,14,21H2. The van der Waals surface area contributed by atoms with Gasteiger partial charge in [-0.3, -0.25) is 0 Å². The van der Waals surface area contributed by atoms with Crippen LogP contribution >= 0.6 is 0 Å². The molecule has 2 nitrogen and oxygen atoms in total. The molecule has 2 heteroatoms. The van der Waals surface area contributed by atoms with Gasteiger partial charge in [0.2, 0.25) is 0 Å². The zero-order chi connectivity index (χ0) is 14.9. The topological polar surface area (TPSA) is 30.9 Å². The monoisotopic (exact) mass is 286 g/mol. The van der Waals surface area contributed by atoms with E-state index in [1.54, 1.807) is 0 Å². The number of rotatable bonds is 2. The first-order valence-corrected chi connectivity index (χ1v) is 7.64. The van der Waals surface area contributed by atoms with Crippen LogP contribution in [0.2, 0.25) is 0 Å². The molecule has 0 aliphatic heterocycles. The smallest absolute Gasteiger partial charge is 0.0541 e. The molecule has 4 rings (SSSR count). The molecule has 1 aliphatic rings. The second-order valence-corrected chi connectivity index (χ2v) is 5.57. The van der Waals surface area contributed by atoms with E-state index in [1.165, 1.54) is 27.8 Å². The number of allylic oxidation sites excluding steroid dienone is 2. The van der Waals surface area contributed by atoms with Crippen LogP contribution < -0.4 is 5.73 Å². The lowest BCUT2D eigenvalue weighted by Crippen LogP contribution is -2.01. The first-order valence-electron chi connectivity index (χ1n) is 7.64. The third-order valence-corrected chi connectivity index (χ3v) is 4.19. The largest absolute Gasteiger partial charge is 0.326 e. The summed E-state index contributed by atoms with van der Waals surface area (Å²) in [5, 5.41) is 1.29. The SMILES string of the molecule is NCc1cccc(-n2c3c(c4ccccc42)C=CCC=C3)c1. The second-order valence-electron chi connectivity index (χ2n) is 5.57. The van der Waals surface area contributed by atoms with Crippen LogP contribution in [-0.4, -0.2) is 4.57 Å². The van der Waals surface area contributed by atoms with Crippen LogP contribution in [0.25, 0.3) is 28.7 Å². The Morgan fingerprint density at radius 3 is 2.73 bits per heavy atom. The zero-order valence-corrected chi connectivity index (χ0v) is 12.4. The maximum absolute atomic E-state index is 5.81. The lowest BCUT2D eigenvalue weighted by Gasteiger charge is -2.10. The van der Waals surface area contributed by atoms with Crippen molar-refractivity contribution in [1.29, 1.82) is 0 Å². The predicted molar refractivity (Wildman–Crippen MR) is 93.9 cm³/mol. The van der Waals surface area contributed by atoms with Crippen molar-refractivity contribution in [3.8, 4) is 5.69 Å². The number of fused-ring (bicyclic) bond motifs is 3. The fourth-order valence-corrected chi connectivity index (χ4v) is 3.17. The van der Waals surface area contributed by atoms with Crippen molar-refractivity contribution in [3.63, 3.8) is 0 Å². The number of hydrogen-bond acceptors (Lipinski definition) is 1. The highest BCUT2D eigenvalue weighted by atomic mass is 15.0. The summed E-state index contributed by atoms with van der Waals surface area (Å²) in [5.41, 5.74) is 11.9. The summed E-state index contributed by atoms with van der Waals surface area (Å²) in [6.45, 7) is 0.560. The van der Waals surface area contributed by atoms with Gasteiger partial charge in [-0.05, 0) is 36.3 Å². The maximum atomic E-state index is 5.81. The summed E-state index contributed by atoms with van der Waals surface area (Å²) < 4.78 is 2.33. The van der Waals surface area contributed by atoms with Gasteiger partial charge in [0.25, 0.3) is 0 Å². The fourth-order valence-electron chi connectivity index (χ4n) is 3.17. The summed E-state index contributed by atoms with van der Waals surface area (Å²) >= 11 is 0. The molecule has 0 saturated carbocycles. The number of hydrogen-bond donors (Lipinski definition) is 1. The van der Waals surface area contributed by atoms with Crippen molar-refractivity contribution in [2.45, 2.75) is 13.0 Å². The van der Waals surface area contributed by atoms with Crippen LogP contribution in [0.3, 0.4) is 0 Å². The van der Waals surface area contributed by atoms with Gasteiger partial charge in [0, 0.05) is 23.2 Å². The van der Waals surface area contributed by atoms with E-state index in [0.29, 0.717) is 6.54 Å². The molecule has 2 aromatic carbocycles. The van der Waals surface area contributed by atoms with Gasteiger partial charge in [-0.2, -0.15) is 0 Å². The normalized spacial score (nSPS) is 13.3. The van der Waals surface area contributed by atoms with E-state index in [-0.39, 0.29) is 0 Å². The molecule has 1 aromatic heterocycles. The summed E-state index contributed by atoms with van der Waals surface area (Å²) in [7, 11) is 0. The molecule has 0 fully saturated rings. The van der Waals surface area contributed by atoms with E-state index in [4.69, 9.17) is 5.73 Å². The fraction of sp³-hybridized carbons (Fsp3) is 0.100. The van der Waals surface area contributed by atoms with Crippen molar-refractivity contribution in [2.24, 2.45) is 5.73 Å². The Hall–Kier alpha value is -2.58. The number of benzene rings is 2. The van der Waals surface area contributed by atoms with Crippen LogP contribution in [0.15, 0.2) is 60.7 Å². The first-order chi connectivity index (χ1) is 10.9. The molecule has 2 N–H and O–H groups in total. The van der Waals surface area contributed by atoms with Gasteiger partial charge >= 0.3 is 0 Å². The van der Waals surface area contributed by atoms with Crippen molar-refractivity contribution in [1.82, 2.24) is 4.57 Å². The third-order valence-electron chi connectivity index (χ3n) is 4.19. The molecule has 1 aliphatic carbocycles. The molecule has 0 saturated heterocycles. The van der Waals surface area contributed by atoms with E-state index >= 15 is 0 Å². The molecular formula is C20H18N2. The van der Waals surface area contributed by atoms with Crippen molar-refractivity contribution in [3.05, 3.63) is 77.5 Å². The molecule has 1 heterocycles. The Kier molecular flexibility index (Phi) is 3.17. The Labute approximate surface area is 130 Å². The number of nitrogens with two attached hydrogens (primary N) is 1. The number of aromatic nitrogens is 1. The van der Waals surface area contributed by atoms with Gasteiger partial charge in [0.05, 0.1) is 11.2 Å². The van der Waals surface area contributed by atoms with E-state index in [0.717, 1.165) is 12.0 Å². The van der Waals surface area contributed by atoms with Gasteiger partial charge in [-0.1, -0.05) is 48.6 Å². The molecule has 0 bridgehead atoms. The Morgan fingerprint density at radius 1 is 0.955 bits per heavy atom. The zero-order valence-electron chi connectivity index (χ0n) is 12.4. The highest BCUT2D eigenvalue weighted by molar-refractivity contribution is 5.95. The maximum Gasteiger partial charge on any atom is 0.0541 e. The molecule has 0 atom stereocenters. The predicted octanol–water partition coefficient (Wildman–Crippen LogP) is 4.52. The minimum atomic E-state index is 0.560. The third kappa shape index (κ3) is 2.00. The molecule has 0 amide bonds. The molecule has 108 valence electrons. The summed E-state index contributed by atoms with van der Waals surface area (Å²) in [6.07, 6.45) is 9.87. The molecule has 22 heavy (non-hydrogen) atoms. The van der Waals surface area contributed by atoms with Crippen molar-refractivity contribution >= 4 is 23.1 Å². The molecule has 0 radical (unpaired) electrons. The summed E-state index contributed by atoms with van der Waals surface area (Å²) in [6, 6.07) is 17.0. The molecular weight excluding hydrogens is 268 g/mol. The highest BCUT2D eigenvalue weighted by Crippen LogP contribution is 2.33. The minimum absolute atomic E-state index is 0.560. The van der Waals surface area contributed by atoms with E-state index in [2.05, 4.69) is 77.4 Å². The van der Waals surface area contributed by atoms with Crippen LogP contribution in [0.5, 0.6) is 0 Å². The summed E-state index contributed by atoms with van der Waals surface area (Å²) in [4.78, 5) is 0. The van der Waals surface area contributed by atoms with E-state index < -0.39 is 0 Å². The lowest BCUT2D eigenvalue weighted by atomic mass is 10.1. The van der Waals surface area contributed by atoms with Gasteiger partial charge in [-0.25, -0.2) is 0 Å². The average Bonchev–Trinajstić information content (AvgIpc) is 2.72. The number of nitrogens with zero attached hydrogens (tertiary/aromatic N) is 1. The van der Waals surface area contributed by atoms with Gasteiger partial charge < -0.3 is 10.3 Å². The lowest BCUT2D eigenvalue weighted by molar-refractivity contribution is 1.04. The molecule has 0 unspecified atom stereocenters.